The minimum absolute atomic E-state index is 1.62. The molecule has 0 atom stereocenters. The quantitative estimate of drug-likeness (QED) is 0.485. The second-order valence-corrected chi connectivity index (χ2v) is 0.761. The van der Waals surface area contributed by atoms with Crippen LogP contribution in [0, 0.1) is 0 Å². The SMILES string of the molecule is CS.c1c[nH]cn1. The molecule has 1 heterocycles. The van der Waals surface area contributed by atoms with Gasteiger partial charge in [-0.25, -0.2) is 4.98 Å². The van der Waals surface area contributed by atoms with E-state index in [2.05, 4.69) is 22.6 Å². The van der Waals surface area contributed by atoms with Crippen LogP contribution in [0.3, 0.4) is 0 Å². The topological polar surface area (TPSA) is 28.7 Å². The molecule has 0 aliphatic carbocycles. The van der Waals surface area contributed by atoms with Crippen LogP contribution in [-0.2, 0) is 0 Å². The molecule has 2 nitrogen and oxygen atoms in total. The predicted octanol–water partition coefficient (Wildman–Crippen LogP) is 0.956. The number of thiol groups is 1. The van der Waals surface area contributed by atoms with Gasteiger partial charge < -0.3 is 4.98 Å². The smallest absolute Gasteiger partial charge is 0.0919 e. The molecule has 0 amide bonds. The van der Waals surface area contributed by atoms with Gasteiger partial charge in [0.25, 0.3) is 0 Å². The second kappa shape index (κ2) is 5.56. The van der Waals surface area contributed by atoms with Crippen molar-refractivity contribution in [3.63, 3.8) is 0 Å². The Morgan fingerprint density at radius 2 is 2.29 bits per heavy atom. The number of aromatic amines is 1. The highest BCUT2D eigenvalue weighted by Crippen LogP contribution is 1.62. The van der Waals surface area contributed by atoms with Gasteiger partial charge in [-0.2, -0.15) is 12.6 Å². The molecular weight excluding hydrogens is 108 g/mol. The first kappa shape index (κ1) is 6.56. The molecule has 3 heteroatoms. The Labute approximate surface area is 48.4 Å². The minimum atomic E-state index is 1.62. The first-order valence-corrected chi connectivity index (χ1v) is 2.77. The summed E-state index contributed by atoms with van der Waals surface area (Å²) in [5, 5.41) is 0. The van der Waals surface area contributed by atoms with Crippen molar-refractivity contribution in [2.45, 2.75) is 0 Å². The van der Waals surface area contributed by atoms with Gasteiger partial charge in [0.1, 0.15) is 0 Å². The Morgan fingerprint density at radius 1 is 1.57 bits per heavy atom. The molecule has 1 rings (SSSR count). The molecule has 0 bridgehead atoms. The normalized spacial score (nSPS) is 6.57. The standard InChI is InChI=1S/C3H4N2.CH4S/c1-2-5-3-4-1;1-2/h1-3H,(H,4,5);2H,1H3. The third-order valence-electron chi connectivity index (χ3n) is 0.406. The van der Waals surface area contributed by atoms with Gasteiger partial charge in [-0.1, -0.05) is 0 Å². The molecule has 0 radical (unpaired) electrons. The summed E-state index contributed by atoms with van der Waals surface area (Å²) in [4.78, 5) is 6.42. The Balaban J connectivity index is 0.000000162. The van der Waals surface area contributed by atoms with E-state index in [0.29, 0.717) is 0 Å². The lowest BCUT2D eigenvalue weighted by molar-refractivity contribution is 1.31. The molecule has 1 aromatic rings. The van der Waals surface area contributed by atoms with Gasteiger partial charge in [0.05, 0.1) is 6.33 Å². The molecule has 0 aliphatic heterocycles. The molecular formula is C4H8N2S. The third-order valence-corrected chi connectivity index (χ3v) is 0.406. The molecule has 0 unspecified atom stereocenters. The summed E-state index contributed by atoms with van der Waals surface area (Å²) in [6, 6.07) is 0. The number of rotatable bonds is 0. The van der Waals surface area contributed by atoms with Crippen molar-refractivity contribution in [3.05, 3.63) is 18.7 Å². The summed E-state index contributed by atoms with van der Waals surface area (Å²) < 4.78 is 0. The van der Waals surface area contributed by atoms with E-state index in [1.165, 1.54) is 0 Å². The molecule has 1 aromatic heterocycles. The monoisotopic (exact) mass is 116 g/mol. The maximum absolute atomic E-state index is 3.67. The van der Waals surface area contributed by atoms with Crippen LogP contribution in [-0.4, -0.2) is 16.2 Å². The first-order chi connectivity index (χ1) is 3.50. The lowest BCUT2D eigenvalue weighted by Gasteiger charge is -1.46. The van der Waals surface area contributed by atoms with Crippen LogP contribution in [0.25, 0.3) is 0 Å². The fraction of sp³-hybridized carbons (Fsp3) is 0.250. The predicted molar refractivity (Wildman–Crippen MR) is 33.5 cm³/mol. The van der Waals surface area contributed by atoms with E-state index in [1.807, 2.05) is 0 Å². The first-order valence-electron chi connectivity index (χ1n) is 1.87. The molecule has 0 aromatic carbocycles. The van der Waals surface area contributed by atoms with Crippen LogP contribution in [0.15, 0.2) is 18.7 Å². The largest absolute Gasteiger partial charge is 0.351 e. The molecule has 0 aliphatic rings. The van der Waals surface area contributed by atoms with Crippen LogP contribution >= 0.6 is 12.6 Å². The van der Waals surface area contributed by atoms with E-state index in [0.717, 1.165) is 0 Å². The van der Waals surface area contributed by atoms with Crippen LogP contribution in [0.5, 0.6) is 0 Å². The number of nitrogens with one attached hydrogen (secondary N) is 1. The maximum Gasteiger partial charge on any atom is 0.0919 e. The summed E-state index contributed by atoms with van der Waals surface area (Å²) in [7, 11) is 0. The highest BCUT2D eigenvalue weighted by Gasteiger charge is 1.56. The summed E-state index contributed by atoms with van der Waals surface area (Å²) >= 11 is 3.53. The van der Waals surface area contributed by atoms with Crippen molar-refractivity contribution in [2.75, 3.05) is 6.26 Å². The lowest BCUT2D eigenvalue weighted by Crippen LogP contribution is -1.44. The lowest BCUT2D eigenvalue weighted by atomic mass is 11.0. The number of nitrogens with zero attached hydrogens (tertiary/aromatic N) is 1. The fourth-order valence-corrected chi connectivity index (χ4v) is 0.215. The molecule has 0 saturated heterocycles. The van der Waals surface area contributed by atoms with Crippen molar-refractivity contribution in [3.8, 4) is 0 Å². The van der Waals surface area contributed by atoms with Gasteiger partial charge in [0.15, 0.2) is 0 Å². The van der Waals surface area contributed by atoms with Gasteiger partial charge >= 0.3 is 0 Å². The second-order valence-electron chi connectivity index (χ2n) is 0.761. The van der Waals surface area contributed by atoms with Crippen LogP contribution in [0.4, 0.5) is 0 Å². The number of hydrogen-bond donors (Lipinski definition) is 2. The molecule has 0 saturated carbocycles. The Hall–Kier alpha value is -0.440. The molecule has 40 valence electrons. The van der Waals surface area contributed by atoms with Gasteiger partial charge in [-0.15, -0.1) is 0 Å². The fourth-order valence-electron chi connectivity index (χ4n) is 0.215. The molecule has 7 heavy (non-hydrogen) atoms. The van der Waals surface area contributed by atoms with Crippen molar-refractivity contribution >= 4 is 12.6 Å². The molecule has 0 fully saturated rings. The van der Waals surface area contributed by atoms with E-state index >= 15 is 0 Å². The zero-order chi connectivity index (χ0) is 5.54. The molecule has 0 spiro atoms. The number of H-pyrrole nitrogens is 1. The van der Waals surface area contributed by atoms with Crippen LogP contribution < -0.4 is 0 Å². The average Bonchev–Trinajstić information content (AvgIpc) is 2.23. The zero-order valence-electron chi connectivity index (χ0n) is 4.13. The minimum Gasteiger partial charge on any atom is -0.351 e. The zero-order valence-corrected chi connectivity index (χ0v) is 5.02. The van der Waals surface area contributed by atoms with E-state index in [4.69, 9.17) is 0 Å². The van der Waals surface area contributed by atoms with Crippen molar-refractivity contribution < 1.29 is 0 Å². The third kappa shape index (κ3) is 3.39. The van der Waals surface area contributed by atoms with Crippen LogP contribution in [0.2, 0.25) is 0 Å². The Kier molecular flexibility index (Phi) is 5.21. The Bertz CT molecular complexity index is 66.2. The highest BCUT2D eigenvalue weighted by molar-refractivity contribution is 7.79. The van der Waals surface area contributed by atoms with Crippen molar-refractivity contribution in [2.24, 2.45) is 0 Å². The summed E-state index contributed by atoms with van der Waals surface area (Å²) in [6.07, 6.45) is 6.78. The highest BCUT2D eigenvalue weighted by atomic mass is 32.1. The maximum atomic E-state index is 3.67. The summed E-state index contributed by atoms with van der Waals surface area (Å²) in [6.45, 7) is 0. The van der Waals surface area contributed by atoms with Gasteiger partial charge in [-0.3, -0.25) is 0 Å². The van der Waals surface area contributed by atoms with Gasteiger partial charge in [-0.05, 0) is 6.26 Å². The summed E-state index contributed by atoms with van der Waals surface area (Å²) in [5.74, 6) is 0. The number of aromatic nitrogens is 2. The van der Waals surface area contributed by atoms with E-state index < -0.39 is 0 Å². The Morgan fingerprint density at radius 3 is 2.43 bits per heavy atom. The summed E-state index contributed by atoms with van der Waals surface area (Å²) in [5.41, 5.74) is 0. The van der Waals surface area contributed by atoms with Gasteiger partial charge in [0, 0.05) is 12.4 Å². The van der Waals surface area contributed by atoms with E-state index in [-0.39, 0.29) is 0 Å². The van der Waals surface area contributed by atoms with Crippen molar-refractivity contribution in [1.82, 2.24) is 9.97 Å². The average molecular weight is 116 g/mol. The number of imidazole rings is 1. The van der Waals surface area contributed by atoms with E-state index in [1.54, 1.807) is 25.0 Å². The number of hydrogen-bond acceptors (Lipinski definition) is 2. The van der Waals surface area contributed by atoms with Crippen molar-refractivity contribution in [1.29, 1.82) is 0 Å². The van der Waals surface area contributed by atoms with Gasteiger partial charge in [0.2, 0.25) is 0 Å². The van der Waals surface area contributed by atoms with E-state index in [9.17, 15) is 0 Å². The van der Waals surface area contributed by atoms with Crippen LogP contribution in [0.1, 0.15) is 0 Å². The molecule has 1 N–H and O–H groups in total.